The van der Waals surface area contributed by atoms with E-state index in [-0.39, 0.29) is 25.7 Å². The fourth-order valence-corrected chi connectivity index (χ4v) is 0.173. The van der Waals surface area contributed by atoms with E-state index in [4.69, 9.17) is 30.6 Å². The Morgan fingerprint density at radius 1 is 0.640 bits per heavy atom. The Labute approximate surface area is 163 Å². The number of rotatable bonds is 6. The second-order valence-corrected chi connectivity index (χ2v) is 6.78. The second kappa shape index (κ2) is 21.4. The van der Waals surface area contributed by atoms with Crippen LogP contribution in [-0.2, 0) is 14.4 Å². The van der Waals surface area contributed by atoms with Crippen molar-refractivity contribution in [2.45, 2.75) is 36.5 Å². The summed E-state index contributed by atoms with van der Waals surface area (Å²) in [7, 11) is 0. The normalized spacial score (nSPS) is 12.7. The molecule has 0 fully saturated rings. The fraction of sp³-hybridized carbons (Fsp3) is 0.769. The number of carboxylic acid groups (broad SMARTS) is 3. The third kappa shape index (κ3) is 35.4. The van der Waals surface area contributed by atoms with Crippen molar-refractivity contribution in [3.8, 4) is 0 Å². The molecule has 0 amide bonds. The van der Waals surface area contributed by atoms with Gasteiger partial charge in [-0.15, -0.1) is 0 Å². The first-order valence-electron chi connectivity index (χ1n) is 6.83. The van der Waals surface area contributed by atoms with Gasteiger partial charge in [0.05, 0.1) is 35.6 Å². The summed E-state index contributed by atoms with van der Waals surface area (Å²) in [5, 5.41) is 46.8. The van der Waals surface area contributed by atoms with Crippen LogP contribution in [0.15, 0.2) is 0 Å². The van der Waals surface area contributed by atoms with Gasteiger partial charge < -0.3 is 30.6 Å². The number of aliphatic carboxylic acids is 3. The van der Waals surface area contributed by atoms with Gasteiger partial charge >= 0.3 is 17.9 Å². The van der Waals surface area contributed by atoms with Crippen molar-refractivity contribution in [3.63, 3.8) is 0 Å². The van der Waals surface area contributed by atoms with Gasteiger partial charge in [0.25, 0.3) is 0 Å². The summed E-state index contributed by atoms with van der Waals surface area (Å²) in [6, 6.07) is 0. The number of thiol groups is 3. The molecule has 0 spiro atoms. The van der Waals surface area contributed by atoms with E-state index in [9.17, 15) is 14.4 Å². The minimum absolute atomic E-state index is 0.146. The third-order valence-corrected chi connectivity index (χ3v) is 2.51. The van der Waals surface area contributed by atoms with Gasteiger partial charge in [0, 0.05) is 5.92 Å². The van der Waals surface area contributed by atoms with E-state index in [1.54, 1.807) is 0 Å². The largest absolute Gasteiger partial charge is 0.480 e. The van der Waals surface area contributed by atoms with E-state index in [0.29, 0.717) is 0 Å². The van der Waals surface area contributed by atoms with Crippen LogP contribution in [0.2, 0.25) is 0 Å². The summed E-state index contributed by atoms with van der Waals surface area (Å²) in [6.07, 6.45) is 0. The number of carboxylic acids is 3. The van der Waals surface area contributed by atoms with Crippen LogP contribution in [-0.4, -0.2) is 84.1 Å². The molecular formula is C13H28O9S3. The quantitative estimate of drug-likeness (QED) is 0.261. The zero-order valence-electron chi connectivity index (χ0n) is 14.2. The Morgan fingerprint density at radius 2 is 0.760 bits per heavy atom. The summed E-state index contributed by atoms with van der Waals surface area (Å²) in [4.78, 5) is 28.9. The molecule has 3 atom stereocenters. The van der Waals surface area contributed by atoms with E-state index in [2.05, 4.69) is 37.9 Å². The predicted octanol–water partition coefficient (Wildman–Crippen LogP) is -0.253. The number of hydrogen-bond donors (Lipinski definition) is 9. The van der Waals surface area contributed by atoms with Crippen molar-refractivity contribution in [1.29, 1.82) is 0 Å². The Balaban J connectivity index is -0.000000118. The second-order valence-electron chi connectivity index (χ2n) is 4.46. The Kier molecular flexibility index (Phi) is 27.4. The van der Waals surface area contributed by atoms with Crippen molar-refractivity contribution in [1.82, 2.24) is 0 Å². The molecule has 0 saturated heterocycles. The molecule has 0 aliphatic heterocycles. The maximum Gasteiger partial charge on any atom is 0.316 e. The van der Waals surface area contributed by atoms with Crippen molar-refractivity contribution in [2.24, 2.45) is 5.92 Å². The SMILES string of the molecule is CC(S)C(=O)O.CC(S)C(=O)O.CC(S)C(=O)O.OCC(CO)CO. The molecule has 9 nitrogen and oxygen atoms in total. The lowest BCUT2D eigenvalue weighted by Crippen LogP contribution is -2.14. The van der Waals surface area contributed by atoms with Crippen LogP contribution < -0.4 is 0 Å². The van der Waals surface area contributed by atoms with Gasteiger partial charge in [-0.2, -0.15) is 37.9 Å². The van der Waals surface area contributed by atoms with E-state index < -0.39 is 33.7 Å². The average Bonchev–Trinajstić information content (AvgIpc) is 2.50. The Bertz CT molecular complexity index is 297. The van der Waals surface area contributed by atoms with Crippen LogP contribution >= 0.6 is 37.9 Å². The topological polar surface area (TPSA) is 173 Å². The standard InChI is InChI=1S/C4H10O3.3C3H6O2S/c5-1-4(2-6)3-7;3*1-2(6)3(4)5/h4-7H,1-3H2;3*2,6H,1H3,(H,4,5). The Morgan fingerprint density at radius 3 is 0.760 bits per heavy atom. The monoisotopic (exact) mass is 424 g/mol. The molecule has 0 aliphatic carbocycles. The highest BCUT2D eigenvalue weighted by Gasteiger charge is 2.01. The smallest absolute Gasteiger partial charge is 0.316 e. The predicted molar refractivity (Wildman–Crippen MR) is 103 cm³/mol. The molecule has 0 aromatic rings. The van der Waals surface area contributed by atoms with Gasteiger partial charge in [0.1, 0.15) is 0 Å². The van der Waals surface area contributed by atoms with Gasteiger partial charge in [-0.3, -0.25) is 14.4 Å². The molecule has 25 heavy (non-hydrogen) atoms. The lowest BCUT2D eigenvalue weighted by atomic mass is 10.2. The van der Waals surface area contributed by atoms with Crippen LogP contribution in [0.5, 0.6) is 0 Å². The summed E-state index contributed by atoms with van der Waals surface area (Å²) >= 11 is 10.8. The van der Waals surface area contributed by atoms with Crippen LogP contribution in [0.3, 0.4) is 0 Å². The summed E-state index contributed by atoms with van der Waals surface area (Å²) in [5.74, 6) is -2.98. The third-order valence-electron chi connectivity index (χ3n) is 1.85. The molecule has 3 unspecified atom stereocenters. The van der Waals surface area contributed by atoms with E-state index >= 15 is 0 Å². The van der Waals surface area contributed by atoms with Gasteiger partial charge in [-0.1, -0.05) is 0 Å². The molecular weight excluding hydrogens is 396 g/mol. The first-order valence-corrected chi connectivity index (χ1v) is 8.38. The number of hydrogen-bond acceptors (Lipinski definition) is 9. The molecule has 0 bridgehead atoms. The minimum atomic E-state index is -0.877. The van der Waals surface area contributed by atoms with Crippen molar-refractivity contribution < 1.29 is 45.0 Å². The van der Waals surface area contributed by atoms with Crippen molar-refractivity contribution in [3.05, 3.63) is 0 Å². The van der Waals surface area contributed by atoms with Crippen LogP contribution in [0.4, 0.5) is 0 Å². The van der Waals surface area contributed by atoms with Crippen LogP contribution in [0.1, 0.15) is 20.8 Å². The van der Waals surface area contributed by atoms with Crippen LogP contribution in [0.25, 0.3) is 0 Å². The molecule has 0 rings (SSSR count). The first kappa shape index (κ1) is 32.0. The molecule has 6 N–H and O–H groups in total. The Hall–Kier alpha value is -0.660. The first-order chi connectivity index (χ1) is 11.3. The molecule has 0 saturated carbocycles. The van der Waals surface area contributed by atoms with Gasteiger partial charge in [-0.25, -0.2) is 0 Å². The summed E-state index contributed by atoms with van der Waals surface area (Å²) < 4.78 is 0. The molecule has 0 aliphatic rings. The molecule has 0 aromatic heterocycles. The lowest BCUT2D eigenvalue weighted by molar-refractivity contribution is -0.137. The van der Waals surface area contributed by atoms with Crippen molar-refractivity contribution >= 4 is 55.8 Å². The number of carbonyl (C=O) groups is 3. The van der Waals surface area contributed by atoms with E-state index in [1.807, 2.05) is 0 Å². The zero-order valence-corrected chi connectivity index (χ0v) is 16.9. The molecule has 152 valence electrons. The maximum absolute atomic E-state index is 9.62. The highest BCUT2D eigenvalue weighted by Crippen LogP contribution is 1.89. The number of aliphatic hydroxyl groups excluding tert-OH is 3. The van der Waals surface area contributed by atoms with Crippen LogP contribution in [0, 0.1) is 5.92 Å². The molecule has 0 radical (unpaired) electrons. The van der Waals surface area contributed by atoms with Gasteiger partial charge in [0.2, 0.25) is 0 Å². The molecule has 12 heteroatoms. The zero-order chi connectivity index (χ0) is 21.2. The maximum atomic E-state index is 9.62. The lowest BCUT2D eigenvalue weighted by Gasteiger charge is -2.02. The highest BCUT2D eigenvalue weighted by atomic mass is 32.1. The fourth-order valence-electron chi connectivity index (χ4n) is 0.173. The highest BCUT2D eigenvalue weighted by molar-refractivity contribution is 7.82. The molecule has 0 aromatic carbocycles. The number of aliphatic hydroxyl groups is 3. The summed E-state index contributed by atoms with van der Waals surface area (Å²) in [5.41, 5.74) is 0. The van der Waals surface area contributed by atoms with E-state index in [0.717, 1.165) is 0 Å². The van der Waals surface area contributed by atoms with Gasteiger partial charge in [-0.05, 0) is 20.8 Å². The molecule has 0 heterocycles. The summed E-state index contributed by atoms with van der Waals surface area (Å²) in [6.45, 7) is 4.08. The minimum Gasteiger partial charge on any atom is -0.480 e. The van der Waals surface area contributed by atoms with Crippen molar-refractivity contribution in [2.75, 3.05) is 19.8 Å². The van der Waals surface area contributed by atoms with Gasteiger partial charge in [0.15, 0.2) is 0 Å². The van der Waals surface area contributed by atoms with E-state index in [1.165, 1.54) is 20.8 Å². The average molecular weight is 425 g/mol.